The van der Waals surface area contributed by atoms with E-state index in [-0.39, 0.29) is 12.5 Å². The molecule has 0 fully saturated rings. The fourth-order valence-corrected chi connectivity index (χ4v) is 2.60. The summed E-state index contributed by atoms with van der Waals surface area (Å²) in [6.45, 7) is 3.95. The summed E-state index contributed by atoms with van der Waals surface area (Å²) in [5.74, 6) is 0.179. The molecule has 0 saturated heterocycles. The second kappa shape index (κ2) is 8.38. The maximum Gasteiger partial charge on any atom is 0.328 e. The molecule has 1 amide bonds. The van der Waals surface area contributed by atoms with E-state index in [1.807, 2.05) is 31.3 Å². The molecule has 6 nitrogen and oxygen atoms in total. The standard InChI is InChI=1S/C18H24N2O4/c1-4-6-17(21)20-16(18(22)24-5-2)9-12-11-19-15-8-7-13(23-3)10-14(12)15/h7-8,10-11,16,19H,4-6,9H2,1-3H3,(H,20,21)/t16-/m0/s1. The number of methoxy groups -OCH3 is 1. The van der Waals surface area contributed by atoms with Gasteiger partial charge in [0.1, 0.15) is 11.8 Å². The van der Waals surface area contributed by atoms with Gasteiger partial charge >= 0.3 is 5.97 Å². The van der Waals surface area contributed by atoms with Gasteiger partial charge in [0.2, 0.25) is 5.91 Å². The van der Waals surface area contributed by atoms with E-state index >= 15 is 0 Å². The maximum absolute atomic E-state index is 12.2. The highest BCUT2D eigenvalue weighted by Crippen LogP contribution is 2.24. The number of rotatable bonds is 8. The summed E-state index contributed by atoms with van der Waals surface area (Å²) in [5, 5.41) is 3.74. The number of nitrogens with one attached hydrogen (secondary N) is 2. The van der Waals surface area contributed by atoms with Gasteiger partial charge in [0.05, 0.1) is 13.7 Å². The van der Waals surface area contributed by atoms with Crippen LogP contribution in [-0.4, -0.2) is 36.6 Å². The van der Waals surface area contributed by atoms with Gasteiger partial charge in [-0.1, -0.05) is 6.92 Å². The second-order valence-corrected chi connectivity index (χ2v) is 5.55. The SMILES string of the molecule is CCCC(=O)N[C@@H](Cc1c[nH]c2ccc(OC)cc12)C(=O)OCC. The van der Waals surface area contributed by atoms with Gasteiger partial charge in [-0.3, -0.25) is 4.79 Å². The van der Waals surface area contributed by atoms with Crippen LogP contribution in [0.4, 0.5) is 0 Å². The van der Waals surface area contributed by atoms with Crippen LogP contribution in [0.15, 0.2) is 24.4 Å². The largest absolute Gasteiger partial charge is 0.497 e. The molecule has 1 heterocycles. The van der Waals surface area contributed by atoms with Gasteiger partial charge in [-0.05, 0) is 37.1 Å². The summed E-state index contributed by atoms with van der Waals surface area (Å²) in [7, 11) is 1.61. The maximum atomic E-state index is 12.2. The summed E-state index contributed by atoms with van der Waals surface area (Å²) >= 11 is 0. The lowest BCUT2D eigenvalue weighted by atomic mass is 10.0. The van der Waals surface area contributed by atoms with Crippen molar-refractivity contribution in [3.8, 4) is 5.75 Å². The van der Waals surface area contributed by atoms with Crippen molar-refractivity contribution >= 4 is 22.8 Å². The highest BCUT2D eigenvalue weighted by molar-refractivity contribution is 5.88. The topological polar surface area (TPSA) is 80.4 Å². The Morgan fingerprint density at radius 3 is 2.75 bits per heavy atom. The lowest BCUT2D eigenvalue weighted by Gasteiger charge is -2.17. The van der Waals surface area contributed by atoms with Crippen molar-refractivity contribution in [1.29, 1.82) is 0 Å². The van der Waals surface area contributed by atoms with Crippen LogP contribution in [0.25, 0.3) is 10.9 Å². The minimum atomic E-state index is -0.700. The van der Waals surface area contributed by atoms with Gasteiger partial charge in [0.15, 0.2) is 0 Å². The van der Waals surface area contributed by atoms with E-state index in [1.54, 1.807) is 14.0 Å². The molecule has 2 rings (SSSR count). The quantitative estimate of drug-likeness (QED) is 0.728. The van der Waals surface area contributed by atoms with E-state index in [4.69, 9.17) is 9.47 Å². The van der Waals surface area contributed by atoms with Crippen molar-refractivity contribution in [1.82, 2.24) is 10.3 Å². The van der Waals surface area contributed by atoms with Crippen LogP contribution in [-0.2, 0) is 20.7 Å². The first kappa shape index (κ1) is 17.8. The summed E-state index contributed by atoms with van der Waals surface area (Å²) in [5.41, 5.74) is 1.88. The predicted molar refractivity (Wildman–Crippen MR) is 92.0 cm³/mol. The number of carbonyl (C=O) groups excluding carboxylic acids is 2. The monoisotopic (exact) mass is 332 g/mol. The first-order chi connectivity index (χ1) is 11.6. The van der Waals surface area contributed by atoms with E-state index in [0.717, 1.165) is 28.6 Å². The number of carbonyl (C=O) groups is 2. The van der Waals surface area contributed by atoms with Crippen molar-refractivity contribution in [3.05, 3.63) is 30.0 Å². The minimum absolute atomic E-state index is 0.145. The van der Waals surface area contributed by atoms with Gasteiger partial charge in [0.25, 0.3) is 0 Å². The van der Waals surface area contributed by atoms with Gasteiger partial charge in [0, 0.05) is 29.9 Å². The molecule has 6 heteroatoms. The predicted octanol–water partition coefficient (Wildman–Crippen LogP) is 2.57. The number of H-pyrrole nitrogens is 1. The molecule has 24 heavy (non-hydrogen) atoms. The van der Waals surface area contributed by atoms with Crippen molar-refractivity contribution in [2.24, 2.45) is 0 Å². The summed E-state index contributed by atoms with van der Waals surface area (Å²) in [6.07, 6.45) is 3.33. The molecule has 0 saturated carbocycles. The third-order valence-electron chi connectivity index (χ3n) is 3.78. The fraction of sp³-hybridized carbons (Fsp3) is 0.444. The number of aromatic amines is 1. The van der Waals surface area contributed by atoms with Crippen LogP contribution in [0, 0.1) is 0 Å². The molecule has 0 radical (unpaired) electrons. The van der Waals surface area contributed by atoms with E-state index in [9.17, 15) is 9.59 Å². The van der Waals surface area contributed by atoms with E-state index in [1.165, 1.54) is 0 Å². The summed E-state index contributed by atoms with van der Waals surface area (Å²) in [4.78, 5) is 27.3. The molecule has 0 aliphatic heterocycles. The Labute approximate surface area is 141 Å². The van der Waals surface area contributed by atoms with Crippen LogP contribution >= 0.6 is 0 Å². The Kier molecular flexibility index (Phi) is 6.23. The van der Waals surface area contributed by atoms with E-state index in [0.29, 0.717) is 12.8 Å². The Bertz CT molecular complexity index is 708. The number of aromatic nitrogens is 1. The molecule has 1 atom stereocenters. The first-order valence-electron chi connectivity index (χ1n) is 8.19. The Morgan fingerprint density at radius 2 is 2.08 bits per heavy atom. The van der Waals surface area contributed by atoms with Crippen molar-refractivity contribution in [2.45, 2.75) is 39.2 Å². The molecule has 1 aromatic heterocycles. The number of ether oxygens (including phenoxy) is 2. The molecular weight excluding hydrogens is 308 g/mol. The van der Waals surface area contributed by atoms with Crippen LogP contribution in [0.3, 0.4) is 0 Å². The zero-order chi connectivity index (χ0) is 17.5. The van der Waals surface area contributed by atoms with Crippen LogP contribution in [0.5, 0.6) is 5.75 Å². The molecular formula is C18H24N2O4. The number of benzene rings is 1. The second-order valence-electron chi connectivity index (χ2n) is 5.55. The van der Waals surface area contributed by atoms with E-state index < -0.39 is 12.0 Å². The van der Waals surface area contributed by atoms with Crippen molar-refractivity contribution < 1.29 is 19.1 Å². The Balaban J connectivity index is 2.24. The van der Waals surface area contributed by atoms with Crippen molar-refractivity contribution in [2.75, 3.05) is 13.7 Å². The van der Waals surface area contributed by atoms with Gasteiger partial charge < -0.3 is 19.8 Å². The lowest BCUT2D eigenvalue weighted by Crippen LogP contribution is -2.43. The number of hydrogen-bond acceptors (Lipinski definition) is 4. The molecule has 130 valence electrons. The summed E-state index contributed by atoms with van der Waals surface area (Å²) in [6, 6.07) is 5.01. The molecule has 0 unspecified atom stereocenters. The zero-order valence-electron chi connectivity index (χ0n) is 14.3. The van der Waals surface area contributed by atoms with Crippen molar-refractivity contribution in [3.63, 3.8) is 0 Å². The smallest absolute Gasteiger partial charge is 0.328 e. The molecule has 2 aromatic rings. The average molecular weight is 332 g/mol. The van der Waals surface area contributed by atoms with Gasteiger partial charge in [-0.2, -0.15) is 0 Å². The Morgan fingerprint density at radius 1 is 1.29 bits per heavy atom. The molecule has 1 aromatic carbocycles. The molecule has 2 N–H and O–H groups in total. The molecule has 0 aliphatic rings. The van der Waals surface area contributed by atoms with Crippen LogP contribution in [0.2, 0.25) is 0 Å². The number of amides is 1. The summed E-state index contributed by atoms with van der Waals surface area (Å²) < 4.78 is 10.4. The third-order valence-corrected chi connectivity index (χ3v) is 3.78. The Hall–Kier alpha value is -2.50. The minimum Gasteiger partial charge on any atom is -0.497 e. The lowest BCUT2D eigenvalue weighted by molar-refractivity contribution is -0.147. The average Bonchev–Trinajstić information content (AvgIpc) is 2.96. The van der Waals surface area contributed by atoms with Gasteiger partial charge in [-0.25, -0.2) is 4.79 Å². The third kappa shape index (κ3) is 4.28. The number of fused-ring (bicyclic) bond motifs is 1. The normalized spacial score (nSPS) is 12.0. The number of hydrogen-bond donors (Lipinski definition) is 2. The first-order valence-corrected chi connectivity index (χ1v) is 8.19. The number of esters is 1. The van der Waals surface area contributed by atoms with Gasteiger partial charge in [-0.15, -0.1) is 0 Å². The van der Waals surface area contributed by atoms with Crippen LogP contribution in [0.1, 0.15) is 32.3 Å². The highest BCUT2D eigenvalue weighted by Gasteiger charge is 2.23. The fourth-order valence-electron chi connectivity index (χ4n) is 2.60. The molecule has 0 aliphatic carbocycles. The van der Waals surface area contributed by atoms with E-state index in [2.05, 4.69) is 10.3 Å². The molecule has 0 spiro atoms. The highest BCUT2D eigenvalue weighted by atomic mass is 16.5. The van der Waals surface area contributed by atoms with Crippen LogP contribution < -0.4 is 10.1 Å². The zero-order valence-corrected chi connectivity index (χ0v) is 14.3. The molecule has 0 bridgehead atoms.